The van der Waals surface area contributed by atoms with Crippen LogP contribution in [0.15, 0.2) is 82.4 Å². The second kappa shape index (κ2) is 10.2. The molecule has 0 atom stereocenters. The van der Waals surface area contributed by atoms with Crippen LogP contribution in [0, 0.1) is 0 Å². The van der Waals surface area contributed by atoms with E-state index in [0.29, 0.717) is 23.3 Å². The van der Waals surface area contributed by atoms with Crippen molar-refractivity contribution in [3.05, 3.63) is 110 Å². The van der Waals surface area contributed by atoms with Crippen molar-refractivity contribution >= 4 is 16.8 Å². The van der Waals surface area contributed by atoms with Crippen LogP contribution in [0.2, 0.25) is 0 Å². The summed E-state index contributed by atoms with van der Waals surface area (Å²) in [5.74, 6) is -0.129. The molecule has 1 amide bonds. The number of nitrogens with one attached hydrogen (secondary N) is 1. The van der Waals surface area contributed by atoms with E-state index in [-0.39, 0.29) is 29.8 Å². The van der Waals surface area contributed by atoms with Gasteiger partial charge in [0.25, 0.3) is 5.56 Å². The number of amides is 1. The molecular weight excluding hydrogens is 471 g/mol. The number of fused-ring (bicyclic) bond motifs is 1. The zero-order valence-electron chi connectivity index (χ0n) is 19.5. The van der Waals surface area contributed by atoms with Gasteiger partial charge >= 0.3 is 11.9 Å². The van der Waals surface area contributed by atoms with Gasteiger partial charge in [0, 0.05) is 6.54 Å². The van der Waals surface area contributed by atoms with Gasteiger partial charge in [-0.2, -0.15) is 13.2 Å². The number of aromatic nitrogens is 2. The minimum Gasteiger partial charge on any atom is -0.356 e. The molecule has 9 heteroatoms. The molecule has 0 aliphatic rings. The molecule has 3 aromatic carbocycles. The Kier molecular flexibility index (Phi) is 7.10. The van der Waals surface area contributed by atoms with Crippen molar-refractivity contribution in [2.45, 2.75) is 32.5 Å². The summed E-state index contributed by atoms with van der Waals surface area (Å²) >= 11 is 0. The predicted molar refractivity (Wildman–Crippen MR) is 131 cm³/mol. The SMILES string of the molecule is CCCNC(=O)Cc1ccc(-n2c(=O)c3ccccc3n(Cc3cccc(C(F)(F)F)c3)c2=O)cc1. The molecule has 1 heterocycles. The van der Waals surface area contributed by atoms with E-state index in [1.54, 1.807) is 48.5 Å². The number of para-hydroxylation sites is 1. The molecular formula is C27H24F3N3O3. The van der Waals surface area contributed by atoms with E-state index in [1.165, 1.54) is 16.7 Å². The second-order valence-corrected chi connectivity index (χ2v) is 8.42. The smallest absolute Gasteiger partial charge is 0.356 e. The average molecular weight is 496 g/mol. The number of hydrogen-bond donors (Lipinski definition) is 1. The minimum absolute atomic E-state index is 0.129. The Morgan fingerprint density at radius 3 is 2.33 bits per heavy atom. The minimum atomic E-state index is -4.52. The summed E-state index contributed by atoms with van der Waals surface area (Å²) in [5.41, 5.74) is -0.420. The quantitative estimate of drug-likeness (QED) is 0.416. The van der Waals surface area contributed by atoms with Crippen LogP contribution >= 0.6 is 0 Å². The Morgan fingerprint density at radius 1 is 0.917 bits per heavy atom. The molecule has 0 bridgehead atoms. The van der Waals surface area contributed by atoms with Gasteiger partial charge in [0.2, 0.25) is 5.91 Å². The average Bonchev–Trinajstić information content (AvgIpc) is 2.86. The highest BCUT2D eigenvalue weighted by molar-refractivity contribution is 5.79. The van der Waals surface area contributed by atoms with Gasteiger partial charge in [0.15, 0.2) is 0 Å². The summed E-state index contributed by atoms with van der Waals surface area (Å²) in [7, 11) is 0. The lowest BCUT2D eigenvalue weighted by molar-refractivity contribution is -0.137. The Morgan fingerprint density at radius 2 is 1.64 bits per heavy atom. The topological polar surface area (TPSA) is 73.1 Å². The molecule has 0 fully saturated rings. The lowest BCUT2D eigenvalue weighted by Gasteiger charge is -2.15. The van der Waals surface area contributed by atoms with Crippen molar-refractivity contribution in [2.75, 3.05) is 6.54 Å². The molecule has 1 aromatic heterocycles. The molecule has 0 saturated heterocycles. The van der Waals surface area contributed by atoms with Crippen LogP contribution in [0.4, 0.5) is 13.2 Å². The van der Waals surface area contributed by atoms with Crippen LogP contribution in [0.25, 0.3) is 16.6 Å². The first-order chi connectivity index (χ1) is 17.2. The molecule has 0 unspecified atom stereocenters. The van der Waals surface area contributed by atoms with Gasteiger partial charge in [-0.15, -0.1) is 0 Å². The highest BCUT2D eigenvalue weighted by Gasteiger charge is 2.30. The Balaban J connectivity index is 1.77. The van der Waals surface area contributed by atoms with Crippen LogP contribution < -0.4 is 16.6 Å². The van der Waals surface area contributed by atoms with Crippen molar-refractivity contribution in [3.63, 3.8) is 0 Å². The molecule has 1 N–H and O–H groups in total. The normalized spacial score (nSPS) is 11.6. The third-order valence-corrected chi connectivity index (χ3v) is 5.78. The number of carbonyl (C=O) groups is 1. The molecule has 0 aliphatic heterocycles. The summed E-state index contributed by atoms with van der Waals surface area (Å²) in [6.07, 6.45) is -3.54. The van der Waals surface area contributed by atoms with E-state index in [1.807, 2.05) is 6.92 Å². The molecule has 0 saturated carbocycles. The highest BCUT2D eigenvalue weighted by atomic mass is 19.4. The van der Waals surface area contributed by atoms with Crippen molar-refractivity contribution in [1.29, 1.82) is 0 Å². The zero-order chi connectivity index (χ0) is 25.9. The number of carbonyl (C=O) groups excluding carboxylic acids is 1. The molecule has 4 rings (SSSR count). The molecule has 0 spiro atoms. The van der Waals surface area contributed by atoms with E-state index in [9.17, 15) is 27.6 Å². The predicted octanol–water partition coefficient (Wildman–Crippen LogP) is 4.29. The second-order valence-electron chi connectivity index (χ2n) is 8.42. The fraction of sp³-hybridized carbons (Fsp3) is 0.222. The van der Waals surface area contributed by atoms with E-state index in [0.717, 1.165) is 23.1 Å². The Labute approximate surface area is 204 Å². The number of hydrogen-bond acceptors (Lipinski definition) is 3. The summed E-state index contributed by atoms with van der Waals surface area (Å²) in [6.45, 7) is 2.38. The molecule has 186 valence electrons. The van der Waals surface area contributed by atoms with E-state index < -0.39 is 23.0 Å². The highest BCUT2D eigenvalue weighted by Crippen LogP contribution is 2.29. The van der Waals surface area contributed by atoms with Crippen molar-refractivity contribution in [1.82, 2.24) is 14.5 Å². The van der Waals surface area contributed by atoms with Gasteiger partial charge in [-0.05, 0) is 53.9 Å². The van der Waals surface area contributed by atoms with Gasteiger partial charge in [-0.25, -0.2) is 9.36 Å². The van der Waals surface area contributed by atoms with E-state index in [4.69, 9.17) is 0 Å². The third kappa shape index (κ3) is 5.25. The Hall–Kier alpha value is -4.14. The fourth-order valence-electron chi connectivity index (χ4n) is 4.01. The maximum Gasteiger partial charge on any atom is 0.416 e. The first-order valence-electron chi connectivity index (χ1n) is 11.5. The first kappa shape index (κ1) is 25.0. The molecule has 0 radical (unpaired) electrons. The lowest BCUT2D eigenvalue weighted by atomic mass is 10.1. The van der Waals surface area contributed by atoms with Gasteiger partial charge in [-0.1, -0.05) is 43.3 Å². The number of benzene rings is 3. The van der Waals surface area contributed by atoms with Gasteiger partial charge in [0.1, 0.15) is 0 Å². The zero-order valence-corrected chi connectivity index (χ0v) is 19.5. The first-order valence-corrected chi connectivity index (χ1v) is 11.5. The number of rotatable bonds is 7. The van der Waals surface area contributed by atoms with Crippen LogP contribution in [0.3, 0.4) is 0 Å². The maximum atomic E-state index is 13.5. The summed E-state index contributed by atoms with van der Waals surface area (Å²) < 4.78 is 41.9. The van der Waals surface area contributed by atoms with Gasteiger partial charge < -0.3 is 5.32 Å². The van der Waals surface area contributed by atoms with Crippen LogP contribution in [-0.4, -0.2) is 21.6 Å². The molecule has 6 nitrogen and oxygen atoms in total. The summed E-state index contributed by atoms with van der Waals surface area (Å²) in [5, 5.41) is 3.05. The number of alkyl halides is 3. The van der Waals surface area contributed by atoms with E-state index in [2.05, 4.69) is 5.32 Å². The van der Waals surface area contributed by atoms with Crippen LogP contribution in [0.1, 0.15) is 30.0 Å². The number of nitrogens with zero attached hydrogens (tertiary/aromatic N) is 2. The lowest BCUT2D eigenvalue weighted by Crippen LogP contribution is -2.39. The maximum absolute atomic E-state index is 13.5. The van der Waals surface area contributed by atoms with Gasteiger partial charge in [-0.3, -0.25) is 14.2 Å². The Bertz CT molecular complexity index is 1520. The van der Waals surface area contributed by atoms with Crippen molar-refractivity contribution < 1.29 is 18.0 Å². The van der Waals surface area contributed by atoms with Crippen LogP contribution in [-0.2, 0) is 23.9 Å². The van der Waals surface area contributed by atoms with E-state index >= 15 is 0 Å². The number of halogens is 3. The summed E-state index contributed by atoms with van der Waals surface area (Å²) in [4.78, 5) is 38.8. The fourth-order valence-corrected chi connectivity index (χ4v) is 4.01. The van der Waals surface area contributed by atoms with Gasteiger partial charge in [0.05, 0.1) is 35.1 Å². The standard InChI is InChI=1S/C27H24F3N3O3/c1-2-14-31-24(34)16-18-10-12-21(13-11-18)33-25(35)22-8-3-4-9-23(22)32(26(33)36)17-19-6-5-7-20(15-19)27(28,29)30/h3-13,15H,2,14,16-17H2,1H3,(H,31,34). The molecule has 0 aliphatic carbocycles. The van der Waals surface area contributed by atoms with Crippen molar-refractivity contribution in [3.8, 4) is 5.69 Å². The largest absolute Gasteiger partial charge is 0.416 e. The molecule has 4 aromatic rings. The van der Waals surface area contributed by atoms with Crippen molar-refractivity contribution in [2.24, 2.45) is 0 Å². The monoisotopic (exact) mass is 495 g/mol. The summed E-state index contributed by atoms with van der Waals surface area (Å²) in [6, 6.07) is 17.7. The third-order valence-electron chi connectivity index (χ3n) is 5.78. The molecule has 36 heavy (non-hydrogen) atoms. The van der Waals surface area contributed by atoms with Crippen LogP contribution in [0.5, 0.6) is 0 Å².